The van der Waals surface area contributed by atoms with Crippen LogP contribution in [0.1, 0.15) is 17.4 Å². The van der Waals surface area contributed by atoms with Crippen LogP contribution in [0.25, 0.3) is 11.4 Å². The number of nitrogens with one attached hydrogen (secondary N) is 2. The Morgan fingerprint density at radius 1 is 1.26 bits per heavy atom. The third-order valence-corrected chi connectivity index (χ3v) is 6.74. The summed E-state index contributed by atoms with van der Waals surface area (Å²) in [5.74, 6) is 2.97. The largest absolute Gasteiger partial charge is 0.355 e. The van der Waals surface area contributed by atoms with Crippen molar-refractivity contribution in [2.45, 2.75) is 24.3 Å². The van der Waals surface area contributed by atoms with Gasteiger partial charge in [-0.15, -0.1) is 16.4 Å². The van der Waals surface area contributed by atoms with Crippen molar-refractivity contribution in [2.75, 3.05) is 18.1 Å². The van der Waals surface area contributed by atoms with E-state index < -0.39 is 0 Å². The quantitative estimate of drug-likeness (QED) is 0.381. The van der Waals surface area contributed by atoms with Crippen LogP contribution in [0.5, 0.6) is 0 Å². The Morgan fingerprint density at radius 2 is 2.11 bits per heavy atom. The second-order valence-corrected chi connectivity index (χ2v) is 8.87. The normalized spacial score (nSPS) is 10.9. The van der Waals surface area contributed by atoms with Gasteiger partial charge in [-0.3, -0.25) is 9.89 Å². The Labute approximate surface area is 171 Å². The first-order chi connectivity index (χ1) is 13.2. The molecule has 1 aromatic carbocycles. The number of H-pyrrole nitrogens is 1. The van der Waals surface area contributed by atoms with E-state index in [-0.39, 0.29) is 5.91 Å². The Hall–Kier alpha value is -1.77. The molecule has 2 N–H and O–H groups in total. The van der Waals surface area contributed by atoms with E-state index in [9.17, 15) is 4.79 Å². The average molecular weight is 419 g/mol. The Kier molecular flexibility index (Phi) is 7.79. The van der Waals surface area contributed by atoms with Crippen LogP contribution in [0.4, 0.5) is 0 Å². The molecule has 3 aromatic rings. The van der Waals surface area contributed by atoms with E-state index in [0.717, 1.165) is 29.3 Å². The van der Waals surface area contributed by atoms with Crippen molar-refractivity contribution >= 4 is 40.8 Å². The maximum absolute atomic E-state index is 12.0. The number of nitrogens with zero attached hydrogens (tertiary/aromatic N) is 2. The zero-order valence-corrected chi connectivity index (χ0v) is 17.6. The Balaban J connectivity index is 1.35. The molecular formula is C19H22N4OS3. The molecule has 0 bridgehead atoms. The maximum Gasteiger partial charge on any atom is 0.230 e. The van der Waals surface area contributed by atoms with E-state index in [0.29, 0.717) is 17.5 Å². The summed E-state index contributed by atoms with van der Waals surface area (Å²) in [6.07, 6.45) is 1.01. The van der Waals surface area contributed by atoms with E-state index in [2.05, 4.69) is 57.1 Å². The van der Waals surface area contributed by atoms with E-state index >= 15 is 0 Å². The van der Waals surface area contributed by atoms with Gasteiger partial charge in [-0.05, 0) is 23.4 Å². The fourth-order valence-electron chi connectivity index (χ4n) is 2.35. The van der Waals surface area contributed by atoms with Gasteiger partial charge in [-0.25, -0.2) is 4.98 Å². The van der Waals surface area contributed by atoms with Gasteiger partial charge in [0, 0.05) is 28.5 Å². The standard InChI is InChI=1S/C19H22N4OS3/c1-2-14-5-7-15(8-6-14)18-21-19(23-22-18)27-13-17(24)20-9-11-25-12-16-4-3-10-26-16/h3-8,10H,2,9,11-13H2,1H3,(H,20,24)(H,21,22,23). The fraction of sp³-hybridized carbons (Fsp3) is 0.316. The van der Waals surface area contributed by atoms with Gasteiger partial charge in [0.25, 0.3) is 0 Å². The number of thioether (sulfide) groups is 2. The van der Waals surface area contributed by atoms with Gasteiger partial charge in [-0.2, -0.15) is 11.8 Å². The molecule has 2 heterocycles. The molecule has 1 amide bonds. The average Bonchev–Trinajstić information content (AvgIpc) is 3.38. The lowest BCUT2D eigenvalue weighted by atomic mass is 10.1. The number of carbonyl (C=O) groups is 1. The molecule has 0 spiro atoms. The molecule has 0 atom stereocenters. The molecule has 0 saturated heterocycles. The number of amides is 1. The highest BCUT2D eigenvalue weighted by atomic mass is 32.2. The minimum atomic E-state index is 0.00960. The zero-order valence-electron chi connectivity index (χ0n) is 15.1. The molecular weight excluding hydrogens is 396 g/mol. The van der Waals surface area contributed by atoms with E-state index in [1.165, 1.54) is 22.2 Å². The summed E-state index contributed by atoms with van der Waals surface area (Å²) in [7, 11) is 0. The van der Waals surface area contributed by atoms with Crippen molar-refractivity contribution in [1.29, 1.82) is 0 Å². The summed E-state index contributed by atoms with van der Waals surface area (Å²) in [6.45, 7) is 2.81. The van der Waals surface area contributed by atoms with E-state index in [1.807, 2.05) is 23.9 Å². The van der Waals surface area contributed by atoms with Crippen LogP contribution in [-0.2, 0) is 17.0 Å². The van der Waals surface area contributed by atoms with Crippen LogP contribution in [-0.4, -0.2) is 39.1 Å². The van der Waals surface area contributed by atoms with Gasteiger partial charge in [0.05, 0.1) is 5.75 Å². The molecule has 27 heavy (non-hydrogen) atoms. The number of hydrogen-bond donors (Lipinski definition) is 2. The van der Waals surface area contributed by atoms with Gasteiger partial charge in [0.1, 0.15) is 0 Å². The lowest BCUT2D eigenvalue weighted by Crippen LogP contribution is -2.27. The number of thiophene rings is 1. The third kappa shape index (κ3) is 6.41. The van der Waals surface area contributed by atoms with Crippen LogP contribution in [0.3, 0.4) is 0 Å². The molecule has 142 valence electrons. The van der Waals surface area contributed by atoms with Crippen molar-refractivity contribution in [3.8, 4) is 11.4 Å². The zero-order chi connectivity index (χ0) is 18.9. The number of aromatic nitrogens is 3. The van der Waals surface area contributed by atoms with Crippen LogP contribution >= 0.6 is 34.9 Å². The number of hydrogen-bond acceptors (Lipinski definition) is 6. The number of aromatic amines is 1. The predicted octanol–water partition coefficient (Wildman–Crippen LogP) is 4.24. The maximum atomic E-state index is 12.0. The summed E-state index contributed by atoms with van der Waals surface area (Å²) in [6, 6.07) is 12.5. The van der Waals surface area contributed by atoms with E-state index in [1.54, 1.807) is 11.3 Å². The Bertz CT molecular complexity index is 831. The topological polar surface area (TPSA) is 70.7 Å². The molecule has 0 aliphatic rings. The molecule has 2 aromatic heterocycles. The van der Waals surface area contributed by atoms with Crippen LogP contribution < -0.4 is 5.32 Å². The van der Waals surface area contributed by atoms with E-state index in [4.69, 9.17) is 0 Å². The van der Waals surface area contributed by atoms with Gasteiger partial charge in [0.2, 0.25) is 11.1 Å². The molecule has 3 rings (SSSR count). The van der Waals surface area contributed by atoms with Crippen molar-refractivity contribution in [2.24, 2.45) is 0 Å². The predicted molar refractivity (Wildman–Crippen MR) is 115 cm³/mol. The number of carbonyl (C=O) groups excluding carboxylic acids is 1. The first kappa shape index (κ1) is 20.0. The second kappa shape index (κ2) is 10.5. The first-order valence-corrected chi connectivity index (χ1v) is 11.8. The van der Waals surface area contributed by atoms with Gasteiger partial charge in [-0.1, -0.05) is 49.0 Å². The van der Waals surface area contributed by atoms with Crippen LogP contribution in [0.2, 0.25) is 0 Å². The molecule has 0 aliphatic carbocycles. The van der Waals surface area contributed by atoms with Crippen LogP contribution in [0, 0.1) is 0 Å². The monoisotopic (exact) mass is 418 g/mol. The minimum Gasteiger partial charge on any atom is -0.355 e. The SMILES string of the molecule is CCc1ccc(-c2nc(SCC(=O)NCCSCc3cccs3)n[nH]2)cc1. The smallest absolute Gasteiger partial charge is 0.230 e. The molecule has 0 unspecified atom stereocenters. The summed E-state index contributed by atoms with van der Waals surface area (Å²) in [5, 5.41) is 12.7. The summed E-state index contributed by atoms with van der Waals surface area (Å²) < 4.78 is 0. The summed E-state index contributed by atoms with van der Waals surface area (Å²) in [4.78, 5) is 17.8. The third-order valence-electron chi connectivity index (χ3n) is 3.83. The molecule has 5 nitrogen and oxygen atoms in total. The number of benzene rings is 1. The highest BCUT2D eigenvalue weighted by molar-refractivity contribution is 7.99. The first-order valence-electron chi connectivity index (χ1n) is 8.76. The van der Waals surface area contributed by atoms with Gasteiger partial charge >= 0.3 is 0 Å². The van der Waals surface area contributed by atoms with Crippen molar-refractivity contribution in [3.05, 3.63) is 52.2 Å². The second-order valence-electron chi connectivity index (χ2n) is 5.79. The minimum absolute atomic E-state index is 0.00960. The highest BCUT2D eigenvalue weighted by Gasteiger charge is 2.09. The lowest BCUT2D eigenvalue weighted by Gasteiger charge is -2.03. The molecule has 0 aliphatic heterocycles. The Morgan fingerprint density at radius 3 is 2.85 bits per heavy atom. The van der Waals surface area contributed by atoms with Crippen molar-refractivity contribution in [1.82, 2.24) is 20.5 Å². The molecule has 0 saturated carbocycles. The molecule has 8 heteroatoms. The highest BCUT2D eigenvalue weighted by Crippen LogP contribution is 2.20. The van der Waals surface area contributed by atoms with Gasteiger partial charge in [0.15, 0.2) is 5.82 Å². The molecule has 0 fully saturated rings. The summed E-state index contributed by atoms with van der Waals surface area (Å²) >= 11 is 4.94. The molecule has 0 radical (unpaired) electrons. The number of aryl methyl sites for hydroxylation is 1. The summed E-state index contributed by atoms with van der Waals surface area (Å²) in [5.41, 5.74) is 2.29. The lowest BCUT2D eigenvalue weighted by molar-refractivity contribution is -0.118. The van der Waals surface area contributed by atoms with Crippen molar-refractivity contribution < 1.29 is 4.79 Å². The fourth-order valence-corrected chi connectivity index (χ4v) is 4.68. The van der Waals surface area contributed by atoms with Crippen molar-refractivity contribution in [3.63, 3.8) is 0 Å². The van der Waals surface area contributed by atoms with Gasteiger partial charge < -0.3 is 5.32 Å². The van der Waals surface area contributed by atoms with Crippen LogP contribution in [0.15, 0.2) is 46.9 Å². The number of rotatable bonds is 10.